The van der Waals surface area contributed by atoms with Crippen molar-refractivity contribution < 1.29 is 13.2 Å². The number of hydrogen-bond donors (Lipinski definition) is 1. The lowest BCUT2D eigenvalue weighted by Gasteiger charge is -2.12. The summed E-state index contributed by atoms with van der Waals surface area (Å²) in [7, 11) is -3.62. The Balaban J connectivity index is 2.48. The van der Waals surface area contributed by atoms with Gasteiger partial charge in [-0.25, -0.2) is 8.42 Å². The van der Waals surface area contributed by atoms with E-state index in [4.69, 9.17) is 5.73 Å². The second-order valence-corrected chi connectivity index (χ2v) is 6.43. The van der Waals surface area contributed by atoms with Crippen LogP contribution in [0.3, 0.4) is 0 Å². The summed E-state index contributed by atoms with van der Waals surface area (Å²) < 4.78 is 23.0. The molecule has 1 amide bonds. The van der Waals surface area contributed by atoms with E-state index in [9.17, 15) is 13.2 Å². The van der Waals surface area contributed by atoms with Crippen molar-refractivity contribution in [1.29, 1.82) is 0 Å². The average molecular weight is 239 g/mol. The monoisotopic (exact) mass is 239 g/mol. The van der Waals surface area contributed by atoms with Crippen LogP contribution in [0.15, 0.2) is 29.2 Å². The molecule has 86 valence electrons. The molecule has 16 heavy (non-hydrogen) atoms. The molecule has 1 saturated carbocycles. The van der Waals surface area contributed by atoms with Gasteiger partial charge in [-0.15, -0.1) is 0 Å². The molecule has 0 bridgehead atoms. The number of amides is 1. The van der Waals surface area contributed by atoms with Crippen LogP contribution in [0.1, 0.15) is 18.4 Å². The predicted molar refractivity (Wildman–Crippen MR) is 59.5 cm³/mol. The lowest BCUT2D eigenvalue weighted by Crippen LogP contribution is -2.38. The Morgan fingerprint density at radius 3 is 2.12 bits per heavy atom. The number of hydrogen-bond acceptors (Lipinski definition) is 3. The summed E-state index contributed by atoms with van der Waals surface area (Å²) in [5.41, 5.74) is 6.14. The van der Waals surface area contributed by atoms with E-state index in [0.717, 1.165) is 5.56 Å². The molecule has 1 fully saturated rings. The smallest absolute Gasteiger partial charge is 0.239 e. The van der Waals surface area contributed by atoms with Gasteiger partial charge < -0.3 is 5.73 Å². The van der Waals surface area contributed by atoms with E-state index in [2.05, 4.69) is 0 Å². The highest BCUT2D eigenvalue weighted by Crippen LogP contribution is 2.46. The molecule has 0 unspecified atom stereocenters. The summed E-state index contributed by atoms with van der Waals surface area (Å²) in [6.07, 6.45) is 0.664. The lowest BCUT2D eigenvalue weighted by atomic mass is 10.2. The highest BCUT2D eigenvalue weighted by molar-refractivity contribution is 7.94. The summed E-state index contributed by atoms with van der Waals surface area (Å²) in [6, 6.07) is 6.47. The topological polar surface area (TPSA) is 77.2 Å². The molecule has 0 spiro atoms. The van der Waals surface area contributed by atoms with E-state index < -0.39 is 20.5 Å². The Morgan fingerprint density at radius 1 is 1.25 bits per heavy atom. The van der Waals surface area contributed by atoms with Crippen molar-refractivity contribution in [2.75, 3.05) is 0 Å². The number of rotatable bonds is 3. The van der Waals surface area contributed by atoms with Crippen molar-refractivity contribution in [2.45, 2.75) is 29.4 Å². The first-order chi connectivity index (χ1) is 7.40. The van der Waals surface area contributed by atoms with Gasteiger partial charge in [0.25, 0.3) is 0 Å². The van der Waals surface area contributed by atoms with Gasteiger partial charge in [-0.1, -0.05) is 17.7 Å². The molecule has 1 aliphatic rings. The molecule has 1 aromatic carbocycles. The fourth-order valence-corrected chi connectivity index (χ4v) is 3.55. The molecule has 0 saturated heterocycles. The first-order valence-corrected chi connectivity index (χ1v) is 6.50. The van der Waals surface area contributed by atoms with Crippen LogP contribution in [0, 0.1) is 6.92 Å². The van der Waals surface area contributed by atoms with Gasteiger partial charge in [-0.2, -0.15) is 0 Å². The fraction of sp³-hybridized carbons (Fsp3) is 0.364. The molecule has 0 aromatic heterocycles. The first kappa shape index (κ1) is 11.1. The molecule has 5 heteroatoms. The third kappa shape index (κ3) is 1.43. The third-order valence-electron chi connectivity index (χ3n) is 3.00. The summed E-state index contributed by atoms with van der Waals surface area (Å²) in [6.45, 7) is 1.87. The Morgan fingerprint density at radius 2 is 1.75 bits per heavy atom. The first-order valence-electron chi connectivity index (χ1n) is 5.01. The van der Waals surface area contributed by atoms with Crippen LogP contribution in [0.4, 0.5) is 0 Å². The summed E-state index contributed by atoms with van der Waals surface area (Å²) in [5, 5.41) is 0. The van der Waals surface area contributed by atoms with Crippen LogP contribution < -0.4 is 5.73 Å². The Hall–Kier alpha value is -1.36. The zero-order valence-electron chi connectivity index (χ0n) is 8.93. The van der Waals surface area contributed by atoms with Gasteiger partial charge in [0, 0.05) is 0 Å². The second kappa shape index (κ2) is 3.31. The zero-order valence-corrected chi connectivity index (χ0v) is 9.75. The average Bonchev–Trinajstić information content (AvgIpc) is 2.98. The highest BCUT2D eigenvalue weighted by atomic mass is 32.2. The van der Waals surface area contributed by atoms with Crippen molar-refractivity contribution in [3.05, 3.63) is 29.8 Å². The van der Waals surface area contributed by atoms with Gasteiger partial charge in [-0.05, 0) is 31.9 Å². The minimum atomic E-state index is -3.62. The number of carbonyl (C=O) groups excluding carboxylic acids is 1. The standard InChI is InChI=1S/C11H13NO3S/c1-8-2-4-9(5-3-8)16(14,15)11(6-7-11)10(12)13/h2-5H,6-7H2,1H3,(H2,12,13). The zero-order chi connectivity index (χ0) is 12.0. The van der Waals surface area contributed by atoms with Crippen molar-refractivity contribution in [2.24, 2.45) is 5.73 Å². The third-order valence-corrected chi connectivity index (χ3v) is 5.53. The van der Waals surface area contributed by atoms with E-state index in [0.29, 0.717) is 12.8 Å². The van der Waals surface area contributed by atoms with Crippen LogP contribution in [-0.2, 0) is 14.6 Å². The van der Waals surface area contributed by atoms with E-state index >= 15 is 0 Å². The van der Waals surface area contributed by atoms with Gasteiger partial charge in [-0.3, -0.25) is 4.79 Å². The minimum Gasteiger partial charge on any atom is -0.368 e. The van der Waals surface area contributed by atoms with Gasteiger partial charge in [0.1, 0.15) is 0 Å². The quantitative estimate of drug-likeness (QED) is 0.847. The van der Waals surface area contributed by atoms with E-state index in [1.165, 1.54) is 12.1 Å². The molecule has 2 N–H and O–H groups in total. The van der Waals surface area contributed by atoms with Crippen molar-refractivity contribution in [3.8, 4) is 0 Å². The van der Waals surface area contributed by atoms with Crippen LogP contribution in [0.2, 0.25) is 0 Å². The lowest BCUT2D eigenvalue weighted by molar-refractivity contribution is -0.118. The SMILES string of the molecule is Cc1ccc(S(=O)(=O)C2(C(N)=O)CC2)cc1. The maximum absolute atomic E-state index is 12.2. The van der Waals surface area contributed by atoms with E-state index in [-0.39, 0.29) is 4.90 Å². The van der Waals surface area contributed by atoms with Crippen molar-refractivity contribution in [3.63, 3.8) is 0 Å². The van der Waals surface area contributed by atoms with Crippen molar-refractivity contribution >= 4 is 15.7 Å². The van der Waals surface area contributed by atoms with Gasteiger partial charge >= 0.3 is 0 Å². The molecule has 0 atom stereocenters. The van der Waals surface area contributed by atoms with Crippen LogP contribution in [-0.4, -0.2) is 19.1 Å². The Labute approximate surface area is 94.4 Å². The number of benzene rings is 1. The summed E-state index contributed by atoms with van der Waals surface area (Å²) in [4.78, 5) is 11.4. The summed E-state index contributed by atoms with van der Waals surface area (Å²) >= 11 is 0. The summed E-state index contributed by atoms with van der Waals surface area (Å²) in [5.74, 6) is -0.743. The van der Waals surface area contributed by atoms with Gasteiger partial charge in [0.05, 0.1) is 4.90 Å². The van der Waals surface area contributed by atoms with Crippen LogP contribution in [0.25, 0.3) is 0 Å². The predicted octanol–water partition coefficient (Wildman–Crippen LogP) is 0.787. The second-order valence-electron chi connectivity index (χ2n) is 4.18. The van der Waals surface area contributed by atoms with Gasteiger partial charge in [0.2, 0.25) is 5.91 Å². The van der Waals surface area contributed by atoms with E-state index in [1.807, 2.05) is 6.92 Å². The number of nitrogens with two attached hydrogens (primary N) is 1. The van der Waals surface area contributed by atoms with Crippen LogP contribution in [0.5, 0.6) is 0 Å². The molecular formula is C11H13NO3S. The van der Waals surface area contributed by atoms with E-state index in [1.54, 1.807) is 12.1 Å². The fourth-order valence-electron chi connectivity index (χ4n) is 1.70. The number of sulfone groups is 1. The number of carbonyl (C=O) groups is 1. The van der Waals surface area contributed by atoms with Gasteiger partial charge in [0.15, 0.2) is 14.6 Å². The van der Waals surface area contributed by atoms with Crippen LogP contribution >= 0.6 is 0 Å². The minimum absolute atomic E-state index is 0.175. The molecule has 2 rings (SSSR count). The number of aryl methyl sites for hydroxylation is 1. The molecule has 0 radical (unpaired) electrons. The maximum Gasteiger partial charge on any atom is 0.239 e. The molecule has 4 nitrogen and oxygen atoms in total. The number of primary amides is 1. The Bertz CT molecular complexity index is 527. The normalized spacial score (nSPS) is 18.1. The van der Waals surface area contributed by atoms with Crippen molar-refractivity contribution in [1.82, 2.24) is 0 Å². The largest absolute Gasteiger partial charge is 0.368 e. The molecule has 0 heterocycles. The maximum atomic E-state index is 12.2. The molecule has 1 aromatic rings. The highest BCUT2D eigenvalue weighted by Gasteiger charge is 2.60. The molecule has 0 aliphatic heterocycles. The molecular weight excluding hydrogens is 226 g/mol. The molecule has 1 aliphatic carbocycles. The Kier molecular flexibility index (Phi) is 2.31.